The number of aromatic nitrogens is 2. The Morgan fingerprint density at radius 2 is 2.17 bits per heavy atom. The number of Topliss-reactive ketones (excluding diaryl/α,β-unsaturated/α-hetero) is 1. The Morgan fingerprint density at radius 3 is 2.97 bits per heavy atom. The van der Waals surface area contributed by atoms with Crippen LogP contribution in [0.15, 0.2) is 59.6 Å². The van der Waals surface area contributed by atoms with Crippen LogP contribution in [-0.4, -0.2) is 22.9 Å². The molecule has 0 aliphatic carbocycles. The van der Waals surface area contributed by atoms with E-state index in [1.807, 2.05) is 35.7 Å². The lowest BCUT2D eigenvalue weighted by molar-refractivity contribution is 0.104. The summed E-state index contributed by atoms with van der Waals surface area (Å²) in [6.07, 6.45) is 3.11. The minimum Gasteiger partial charge on any atom is -0.497 e. The highest BCUT2D eigenvalue weighted by Gasteiger charge is 2.17. The summed E-state index contributed by atoms with van der Waals surface area (Å²) in [7, 11) is 1.61. The van der Waals surface area contributed by atoms with E-state index in [2.05, 4.69) is 9.97 Å². The Balaban J connectivity index is 1.66. The third-order valence-electron chi connectivity index (χ3n) is 4.38. The summed E-state index contributed by atoms with van der Waals surface area (Å²) < 4.78 is 5.25. The second kappa shape index (κ2) is 7.92. The van der Waals surface area contributed by atoms with E-state index in [9.17, 15) is 10.1 Å². The number of ketones is 1. The van der Waals surface area contributed by atoms with Crippen LogP contribution >= 0.6 is 22.9 Å². The van der Waals surface area contributed by atoms with Crippen LogP contribution < -0.4 is 4.74 Å². The number of carbonyl (C=O) groups is 1. The Hall–Kier alpha value is -3.40. The number of rotatable bonds is 5. The van der Waals surface area contributed by atoms with Gasteiger partial charge in [-0.05, 0) is 30.3 Å². The van der Waals surface area contributed by atoms with E-state index in [1.165, 1.54) is 17.4 Å². The molecule has 0 atom stereocenters. The summed E-state index contributed by atoms with van der Waals surface area (Å²) in [6, 6.07) is 14.8. The lowest BCUT2D eigenvalue weighted by Gasteiger charge is -2.01. The van der Waals surface area contributed by atoms with Gasteiger partial charge in [0.05, 0.1) is 12.8 Å². The molecule has 5 nitrogen and oxygen atoms in total. The Bertz CT molecular complexity index is 1300. The first-order chi connectivity index (χ1) is 14.1. The smallest absolute Gasteiger partial charge is 0.205 e. The van der Waals surface area contributed by atoms with E-state index in [-0.39, 0.29) is 11.4 Å². The number of H-pyrrole nitrogens is 1. The van der Waals surface area contributed by atoms with Crippen molar-refractivity contribution in [3.63, 3.8) is 0 Å². The lowest BCUT2D eigenvalue weighted by atomic mass is 10.0. The molecule has 2 aromatic carbocycles. The van der Waals surface area contributed by atoms with Crippen LogP contribution in [0.4, 0.5) is 0 Å². The number of nitriles is 1. The molecule has 1 N–H and O–H groups in total. The maximum atomic E-state index is 12.9. The van der Waals surface area contributed by atoms with Crippen LogP contribution in [0.3, 0.4) is 0 Å². The van der Waals surface area contributed by atoms with E-state index in [0.717, 1.165) is 27.2 Å². The molecule has 4 rings (SSSR count). The van der Waals surface area contributed by atoms with Gasteiger partial charge in [0, 0.05) is 38.6 Å². The second-order valence-electron chi connectivity index (χ2n) is 6.20. The van der Waals surface area contributed by atoms with Gasteiger partial charge in [0.1, 0.15) is 22.4 Å². The first-order valence-corrected chi connectivity index (χ1v) is 9.88. The molecule has 0 saturated heterocycles. The molecule has 7 heteroatoms. The van der Waals surface area contributed by atoms with Crippen molar-refractivity contribution in [3.05, 3.63) is 75.9 Å². The maximum absolute atomic E-state index is 12.9. The summed E-state index contributed by atoms with van der Waals surface area (Å²) in [5, 5.41) is 13.4. The van der Waals surface area contributed by atoms with E-state index < -0.39 is 0 Å². The first kappa shape index (κ1) is 18.9. The highest BCUT2D eigenvalue weighted by molar-refractivity contribution is 7.13. The minimum atomic E-state index is -0.364. The monoisotopic (exact) mass is 419 g/mol. The number of carbonyl (C=O) groups excluding carboxylic acids is 1. The lowest BCUT2D eigenvalue weighted by Crippen LogP contribution is -2.01. The van der Waals surface area contributed by atoms with Gasteiger partial charge in [-0.3, -0.25) is 4.79 Å². The summed E-state index contributed by atoms with van der Waals surface area (Å²) >= 11 is 7.43. The first-order valence-electron chi connectivity index (χ1n) is 8.62. The van der Waals surface area contributed by atoms with Crippen LogP contribution in [0.25, 0.3) is 27.6 Å². The zero-order chi connectivity index (χ0) is 20.4. The Kier molecular flexibility index (Phi) is 5.17. The molecule has 0 saturated carbocycles. The highest BCUT2D eigenvalue weighted by atomic mass is 35.5. The average molecular weight is 420 g/mol. The molecule has 2 heterocycles. The number of nitrogens with one attached hydrogen (secondary N) is 1. The Labute approximate surface area is 175 Å². The summed E-state index contributed by atoms with van der Waals surface area (Å²) in [5.41, 5.74) is 2.65. The predicted octanol–water partition coefficient (Wildman–Crippen LogP) is 5.74. The molecule has 0 fully saturated rings. The van der Waals surface area contributed by atoms with Crippen LogP contribution in [0.5, 0.6) is 5.75 Å². The van der Waals surface area contributed by atoms with Crippen LogP contribution in [0, 0.1) is 11.3 Å². The topological polar surface area (TPSA) is 78.8 Å². The number of hydrogen-bond acceptors (Lipinski definition) is 5. The predicted molar refractivity (Wildman–Crippen MR) is 115 cm³/mol. The molecule has 29 heavy (non-hydrogen) atoms. The van der Waals surface area contributed by atoms with E-state index >= 15 is 0 Å². The number of methoxy groups -OCH3 is 1. The normalized spacial score (nSPS) is 11.4. The van der Waals surface area contributed by atoms with Crippen molar-refractivity contribution in [1.29, 1.82) is 5.26 Å². The molecule has 2 aromatic heterocycles. The van der Waals surface area contributed by atoms with Gasteiger partial charge in [-0.2, -0.15) is 5.26 Å². The number of aromatic amines is 1. The van der Waals surface area contributed by atoms with Crippen molar-refractivity contribution in [3.8, 4) is 22.4 Å². The van der Waals surface area contributed by atoms with Crippen LogP contribution in [0.1, 0.15) is 16.1 Å². The van der Waals surface area contributed by atoms with Crippen molar-refractivity contribution in [2.75, 3.05) is 7.11 Å². The van der Waals surface area contributed by atoms with Gasteiger partial charge < -0.3 is 9.72 Å². The standard InChI is InChI=1S/C22H14ClN3O2S/c1-28-17-4-2-3-13(8-17)22-26-16(12-29-22)7-14(10-24)21(27)19-11-25-20-9-15(23)5-6-18(19)20/h2-9,11-12,25H,1H3. The quantitative estimate of drug-likeness (QED) is 0.254. The fourth-order valence-corrected chi connectivity index (χ4v) is 3.92. The van der Waals surface area contributed by atoms with Gasteiger partial charge >= 0.3 is 0 Å². The van der Waals surface area contributed by atoms with E-state index in [0.29, 0.717) is 16.3 Å². The number of halogens is 1. The molecule has 0 spiro atoms. The fourth-order valence-electron chi connectivity index (χ4n) is 2.97. The van der Waals surface area contributed by atoms with Crippen molar-refractivity contribution < 1.29 is 9.53 Å². The van der Waals surface area contributed by atoms with Gasteiger partial charge in [-0.15, -0.1) is 11.3 Å². The van der Waals surface area contributed by atoms with Crippen molar-refractivity contribution in [2.45, 2.75) is 0 Å². The maximum Gasteiger partial charge on any atom is 0.205 e. The summed E-state index contributed by atoms with van der Waals surface area (Å²) in [5.74, 6) is 0.374. The van der Waals surface area contributed by atoms with Crippen molar-refractivity contribution >= 4 is 45.7 Å². The molecule has 0 unspecified atom stereocenters. The molecule has 0 amide bonds. The summed E-state index contributed by atoms with van der Waals surface area (Å²) in [4.78, 5) is 20.5. The van der Waals surface area contributed by atoms with Gasteiger partial charge in [-0.1, -0.05) is 29.8 Å². The third kappa shape index (κ3) is 3.79. The number of fused-ring (bicyclic) bond motifs is 1. The average Bonchev–Trinajstić information content (AvgIpc) is 3.38. The van der Waals surface area contributed by atoms with Crippen LogP contribution in [-0.2, 0) is 0 Å². The zero-order valence-corrected chi connectivity index (χ0v) is 16.8. The number of ether oxygens (including phenoxy) is 1. The fraction of sp³-hybridized carbons (Fsp3) is 0.0455. The van der Waals surface area contributed by atoms with Crippen molar-refractivity contribution in [1.82, 2.24) is 9.97 Å². The molecule has 4 aromatic rings. The summed E-state index contributed by atoms with van der Waals surface area (Å²) in [6.45, 7) is 0. The van der Waals surface area contributed by atoms with Gasteiger partial charge in [0.25, 0.3) is 0 Å². The van der Waals surface area contributed by atoms with Crippen molar-refractivity contribution in [2.24, 2.45) is 0 Å². The van der Waals surface area contributed by atoms with Gasteiger partial charge in [-0.25, -0.2) is 4.98 Å². The molecule has 0 radical (unpaired) electrons. The largest absolute Gasteiger partial charge is 0.497 e. The molecule has 0 aliphatic rings. The molecule has 142 valence electrons. The minimum absolute atomic E-state index is 0.0170. The van der Waals surface area contributed by atoms with Gasteiger partial charge in [0.2, 0.25) is 5.78 Å². The number of benzene rings is 2. The number of allylic oxidation sites excluding steroid dienone is 1. The molecule has 0 bridgehead atoms. The number of nitrogens with zero attached hydrogens (tertiary/aromatic N) is 2. The SMILES string of the molecule is COc1cccc(-c2nc(C=C(C#N)C(=O)c3c[nH]c4cc(Cl)ccc34)cs2)c1. The number of thiazole rings is 1. The van der Waals surface area contributed by atoms with Crippen LogP contribution in [0.2, 0.25) is 5.02 Å². The van der Waals surface area contributed by atoms with E-state index in [1.54, 1.807) is 31.5 Å². The van der Waals surface area contributed by atoms with E-state index in [4.69, 9.17) is 16.3 Å². The van der Waals surface area contributed by atoms with Gasteiger partial charge in [0.15, 0.2) is 0 Å². The Morgan fingerprint density at radius 1 is 1.31 bits per heavy atom. The molecule has 0 aliphatic heterocycles. The number of hydrogen-bond donors (Lipinski definition) is 1. The second-order valence-corrected chi connectivity index (χ2v) is 7.50. The molecular formula is C22H14ClN3O2S. The molecular weight excluding hydrogens is 406 g/mol. The third-order valence-corrected chi connectivity index (χ3v) is 5.53. The highest BCUT2D eigenvalue weighted by Crippen LogP contribution is 2.28. The zero-order valence-electron chi connectivity index (χ0n) is 15.3.